The molecule has 2 amide bonds. The normalized spacial score (nSPS) is 10.4. The zero-order chi connectivity index (χ0) is 19.4. The van der Waals surface area contributed by atoms with E-state index < -0.39 is 11.8 Å². The van der Waals surface area contributed by atoms with Gasteiger partial charge in [0.2, 0.25) is 0 Å². The second-order valence-corrected chi connectivity index (χ2v) is 6.66. The number of nitrogens with zero attached hydrogens (tertiary/aromatic N) is 2. The number of carbonyl (C=O) groups excluding carboxylic acids is 2. The molecular formula is C17H13Cl2N5O2S. The average molecular weight is 422 g/mol. The van der Waals surface area contributed by atoms with Crippen molar-refractivity contribution in [1.29, 1.82) is 0 Å². The molecule has 0 aliphatic heterocycles. The van der Waals surface area contributed by atoms with Crippen LogP contribution in [0.15, 0.2) is 48.5 Å². The molecule has 0 aliphatic rings. The van der Waals surface area contributed by atoms with Crippen molar-refractivity contribution in [2.75, 3.05) is 0 Å². The summed E-state index contributed by atoms with van der Waals surface area (Å²) in [6, 6.07) is 13.5. The quantitative estimate of drug-likeness (QED) is 0.444. The van der Waals surface area contributed by atoms with Gasteiger partial charge in [-0.05, 0) is 48.6 Å². The first kappa shape index (κ1) is 19.1. The highest BCUT2D eigenvalue weighted by atomic mass is 35.5. The van der Waals surface area contributed by atoms with Crippen LogP contribution in [-0.4, -0.2) is 26.6 Å². The molecule has 0 saturated carbocycles. The Morgan fingerprint density at radius 1 is 1.07 bits per heavy atom. The predicted molar refractivity (Wildman–Crippen MR) is 105 cm³/mol. The number of aromatic amines is 1. The van der Waals surface area contributed by atoms with Crippen LogP contribution in [0.4, 0.5) is 0 Å². The molecule has 3 rings (SSSR count). The highest BCUT2D eigenvalue weighted by molar-refractivity contribution is 7.71. The first-order valence-corrected chi connectivity index (χ1v) is 8.87. The molecule has 0 radical (unpaired) electrons. The highest BCUT2D eigenvalue weighted by Crippen LogP contribution is 2.20. The first-order chi connectivity index (χ1) is 13.0. The molecule has 0 saturated heterocycles. The number of amides is 2. The molecule has 3 aromatic rings. The molecule has 0 atom stereocenters. The van der Waals surface area contributed by atoms with Crippen LogP contribution in [0, 0.1) is 4.77 Å². The van der Waals surface area contributed by atoms with Gasteiger partial charge in [0.05, 0.1) is 10.6 Å². The summed E-state index contributed by atoms with van der Waals surface area (Å²) < 4.78 is 1.78. The van der Waals surface area contributed by atoms with E-state index in [2.05, 4.69) is 21.0 Å². The van der Waals surface area contributed by atoms with Gasteiger partial charge in [-0.1, -0.05) is 35.3 Å². The van der Waals surface area contributed by atoms with Gasteiger partial charge in [0, 0.05) is 10.6 Å². The lowest BCUT2D eigenvalue weighted by Gasteiger charge is -2.10. The largest absolute Gasteiger partial charge is 0.291 e. The lowest BCUT2D eigenvalue weighted by Crippen LogP contribution is -2.43. The van der Waals surface area contributed by atoms with Gasteiger partial charge in [-0.2, -0.15) is 5.10 Å². The van der Waals surface area contributed by atoms with E-state index >= 15 is 0 Å². The minimum atomic E-state index is -0.525. The summed E-state index contributed by atoms with van der Waals surface area (Å²) in [6.45, 7) is -0.143. The van der Waals surface area contributed by atoms with Crippen LogP contribution in [0.5, 0.6) is 0 Å². The third-order valence-electron chi connectivity index (χ3n) is 3.60. The Bertz CT molecular complexity index is 1050. The van der Waals surface area contributed by atoms with E-state index in [9.17, 15) is 9.59 Å². The van der Waals surface area contributed by atoms with Crippen molar-refractivity contribution in [2.45, 2.75) is 6.54 Å². The number of hydrazine groups is 1. The standard InChI is InChI=1S/C17H13Cl2N5O2S/c18-11-7-5-10(6-8-11)15-21-23-17(27)24(15)9-14(25)20-22-16(26)12-3-1-2-4-13(12)19/h1-8H,9H2,(H,20,25)(H,22,26)(H,23,27). The number of carbonyl (C=O) groups is 2. The van der Waals surface area contributed by atoms with E-state index in [-0.39, 0.29) is 21.9 Å². The summed E-state index contributed by atoms with van der Waals surface area (Å²) in [4.78, 5) is 24.3. The van der Waals surface area contributed by atoms with Crippen LogP contribution in [-0.2, 0) is 11.3 Å². The molecule has 1 heterocycles. The van der Waals surface area contributed by atoms with Gasteiger partial charge in [-0.3, -0.25) is 30.1 Å². The van der Waals surface area contributed by atoms with Crippen LogP contribution >= 0.6 is 35.4 Å². The SMILES string of the molecule is O=C(Cn1c(-c2ccc(Cl)cc2)n[nH]c1=S)NNC(=O)c1ccccc1Cl. The lowest BCUT2D eigenvalue weighted by atomic mass is 10.2. The summed E-state index contributed by atoms with van der Waals surface area (Å²) in [5.41, 5.74) is 5.64. The fourth-order valence-electron chi connectivity index (χ4n) is 2.31. The predicted octanol–water partition coefficient (Wildman–Crippen LogP) is 3.38. The number of nitrogens with one attached hydrogen (secondary N) is 3. The van der Waals surface area contributed by atoms with Gasteiger partial charge in [0.1, 0.15) is 6.54 Å². The lowest BCUT2D eigenvalue weighted by molar-refractivity contribution is -0.122. The van der Waals surface area contributed by atoms with Crippen LogP contribution in [0.25, 0.3) is 11.4 Å². The average Bonchev–Trinajstić information content (AvgIpc) is 3.01. The zero-order valence-corrected chi connectivity index (χ0v) is 16.0. The number of halogens is 2. The van der Waals surface area contributed by atoms with Gasteiger partial charge in [-0.25, -0.2) is 0 Å². The van der Waals surface area contributed by atoms with Gasteiger partial charge in [0.25, 0.3) is 11.8 Å². The van der Waals surface area contributed by atoms with Gasteiger partial charge in [0.15, 0.2) is 10.6 Å². The Morgan fingerprint density at radius 2 is 1.78 bits per heavy atom. The Balaban J connectivity index is 1.69. The third kappa shape index (κ3) is 4.54. The van der Waals surface area contributed by atoms with Crippen LogP contribution in [0.1, 0.15) is 10.4 Å². The maximum Gasteiger partial charge on any atom is 0.271 e. The number of benzene rings is 2. The molecule has 7 nitrogen and oxygen atoms in total. The van der Waals surface area contributed by atoms with Crippen molar-refractivity contribution in [3.05, 3.63) is 68.9 Å². The summed E-state index contributed by atoms with van der Waals surface area (Å²) in [5.74, 6) is -0.532. The van der Waals surface area contributed by atoms with Gasteiger partial charge in [-0.15, -0.1) is 0 Å². The third-order valence-corrected chi connectivity index (χ3v) is 4.49. The van der Waals surface area contributed by atoms with E-state index in [4.69, 9.17) is 35.4 Å². The van der Waals surface area contributed by atoms with Crippen molar-refractivity contribution in [3.8, 4) is 11.4 Å². The molecule has 0 unspecified atom stereocenters. The molecule has 0 bridgehead atoms. The zero-order valence-electron chi connectivity index (χ0n) is 13.7. The first-order valence-electron chi connectivity index (χ1n) is 7.70. The van der Waals surface area contributed by atoms with Crippen molar-refractivity contribution >= 4 is 47.2 Å². The monoisotopic (exact) mass is 421 g/mol. The van der Waals surface area contributed by atoms with Gasteiger partial charge >= 0.3 is 0 Å². The van der Waals surface area contributed by atoms with Crippen molar-refractivity contribution in [3.63, 3.8) is 0 Å². The van der Waals surface area contributed by atoms with E-state index in [1.54, 1.807) is 48.5 Å². The Hall–Kier alpha value is -2.68. The number of aromatic nitrogens is 3. The number of hydrogen-bond donors (Lipinski definition) is 3. The van der Waals surface area contributed by atoms with E-state index in [1.165, 1.54) is 4.57 Å². The molecule has 2 aromatic carbocycles. The second-order valence-electron chi connectivity index (χ2n) is 5.43. The van der Waals surface area contributed by atoms with E-state index in [0.717, 1.165) is 5.56 Å². The Morgan fingerprint density at radius 3 is 2.48 bits per heavy atom. The fourth-order valence-corrected chi connectivity index (χ4v) is 2.85. The van der Waals surface area contributed by atoms with Crippen LogP contribution in [0.2, 0.25) is 10.0 Å². The van der Waals surface area contributed by atoms with E-state index in [1.807, 2.05) is 0 Å². The minimum Gasteiger partial charge on any atom is -0.291 e. The molecule has 0 spiro atoms. The smallest absolute Gasteiger partial charge is 0.271 e. The summed E-state index contributed by atoms with van der Waals surface area (Å²) >= 11 is 17.0. The second kappa shape index (κ2) is 8.34. The maximum absolute atomic E-state index is 12.2. The van der Waals surface area contributed by atoms with Crippen molar-refractivity contribution in [2.24, 2.45) is 0 Å². The summed E-state index contributed by atoms with van der Waals surface area (Å²) in [5, 5.41) is 7.66. The Labute approximate surface area is 169 Å². The molecule has 1 aromatic heterocycles. The summed E-state index contributed by atoms with van der Waals surface area (Å²) in [6.07, 6.45) is 0. The summed E-state index contributed by atoms with van der Waals surface area (Å²) in [7, 11) is 0. The van der Waals surface area contributed by atoms with Gasteiger partial charge < -0.3 is 0 Å². The van der Waals surface area contributed by atoms with Crippen molar-refractivity contribution in [1.82, 2.24) is 25.6 Å². The molecule has 27 heavy (non-hydrogen) atoms. The Kier molecular flexibility index (Phi) is 5.90. The van der Waals surface area contributed by atoms with Crippen LogP contribution < -0.4 is 10.9 Å². The molecule has 138 valence electrons. The topological polar surface area (TPSA) is 91.8 Å². The fraction of sp³-hybridized carbons (Fsp3) is 0.0588. The number of H-pyrrole nitrogens is 1. The molecule has 3 N–H and O–H groups in total. The van der Waals surface area contributed by atoms with Crippen molar-refractivity contribution < 1.29 is 9.59 Å². The number of rotatable bonds is 4. The molecule has 10 heteroatoms. The van der Waals surface area contributed by atoms with E-state index in [0.29, 0.717) is 10.8 Å². The maximum atomic E-state index is 12.2. The number of hydrogen-bond acceptors (Lipinski definition) is 4. The molecule has 0 fully saturated rings. The molecular weight excluding hydrogens is 409 g/mol. The minimum absolute atomic E-state index is 0.143. The van der Waals surface area contributed by atoms with Crippen LogP contribution in [0.3, 0.4) is 0 Å². The molecule has 0 aliphatic carbocycles. The highest BCUT2D eigenvalue weighted by Gasteiger charge is 2.14.